The number of rotatable bonds is 3. The van der Waals surface area contributed by atoms with E-state index in [2.05, 4.69) is 11.6 Å². The molecule has 2 rings (SSSR count). The second kappa shape index (κ2) is 5.13. The Hall–Kier alpha value is -1.91. The summed E-state index contributed by atoms with van der Waals surface area (Å²) in [6.45, 7) is 1.75. The minimum Gasteiger partial charge on any atom is -0.393 e. The highest BCUT2D eigenvalue weighted by molar-refractivity contribution is 5.27. The van der Waals surface area contributed by atoms with Gasteiger partial charge in [0.25, 0.3) is 0 Å². The van der Waals surface area contributed by atoms with E-state index < -0.39 is 53.9 Å². The van der Waals surface area contributed by atoms with Gasteiger partial charge in [0.15, 0.2) is 29.6 Å². The first-order valence-corrected chi connectivity index (χ1v) is 5.74. The Kier molecular flexibility index (Phi) is 3.78. The van der Waals surface area contributed by atoms with Crippen molar-refractivity contribution in [3.63, 3.8) is 0 Å². The van der Waals surface area contributed by atoms with Gasteiger partial charge >= 0.3 is 5.69 Å². The molecular weight excluding hydrogens is 295 g/mol. The number of nitrogen functional groups attached to an aromatic ring is 1. The number of nitrogens with zero attached hydrogens (tertiary/aromatic N) is 2. The van der Waals surface area contributed by atoms with Crippen LogP contribution in [-0.4, -0.2) is 44.2 Å². The molecule has 1 aliphatic heterocycles. The van der Waals surface area contributed by atoms with Gasteiger partial charge in [-0.2, -0.15) is 4.98 Å². The van der Waals surface area contributed by atoms with Crippen LogP contribution < -0.4 is 11.4 Å². The zero-order valence-electron chi connectivity index (χ0n) is 10.5. The summed E-state index contributed by atoms with van der Waals surface area (Å²) >= 11 is 0. The molecule has 1 aliphatic rings. The van der Waals surface area contributed by atoms with E-state index in [9.17, 15) is 23.1 Å². The Bertz CT molecular complexity index is 638. The first-order chi connectivity index (χ1) is 9.74. The van der Waals surface area contributed by atoms with E-state index in [0.717, 1.165) is 0 Å². The van der Waals surface area contributed by atoms with E-state index in [1.807, 2.05) is 0 Å². The van der Waals surface area contributed by atoms with Crippen LogP contribution in [0, 0.1) is 5.82 Å². The van der Waals surface area contributed by atoms with Crippen LogP contribution in [0.5, 0.6) is 0 Å². The molecule has 0 unspecified atom stereocenters. The highest BCUT2D eigenvalue weighted by atomic mass is 19.1. The molecule has 10 heteroatoms. The molecule has 1 fully saturated rings. The summed E-state index contributed by atoms with van der Waals surface area (Å²) in [4.78, 5) is 14.7. The highest BCUT2D eigenvalue weighted by Gasteiger charge is 2.58. The van der Waals surface area contributed by atoms with Crippen molar-refractivity contribution >= 4 is 5.82 Å². The molecule has 1 aromatic rings. The second-order valence-electron chi connectivity index (χ2n) is 4.51. The molecule has 0 saturated carbocycles. The Morgan fingerprint density at radius 2 is 2.29 bits per heavy atom. The third kappa shape index (κ3) is 2.20. The zero-order valence-corrected chi connectivity index (χ0v) is 10.5. The fourth-order valence-electron chi connectivity index (χ4n) is 2.05. The fraction of sp³-hybridized carbons (Fsp3) is 0.455. The minimum atomic E-state index is -2.44. The number of anilines is 1. The second-order valence-corrected chi connectivity index (χ2v) is 4.51. The fourth-order valence-corrected chi connectivity index (χ4v) is 2.05. The van der Waals surface area contributed by atoms with Crippen LogP contribution in [0.15, 0.2) is 23.4 Å². The van der Waals surface area contributed by atoms with Gasteiger partial charge in [0.05, 0.1) is 12.8 Å². The molecule has 21 heavy (non-hydrogen) atoms. The summed E-state index contributed by atoms with van der Waals surface area (Å²) in [6, 6.07) is 0. The van der Waals surface area contributed by atoms with Gasteiger partial charge in [0, 0.05) is 0 Å². The Morgan fingerprint density at radius 3 is 2.76 bits per heavy atom. The van der Waals surface area contributed by atoms with Crippen LogP contribution in [0.25, 0.3) is 0 Å². The molecule has 1 saturated heterocycles. The summed E-state index contributed by atoms with van der Waals surface area (Å²) in [5.74, 6) is -3.16. The van der Waals surface area contributed by atoms with Crippen molar-refractivity contribution in [2.24, 2.45) is 0 Å². The molecule has 0 spiro atoms. The summed E-state index contributed by atoms with van der Waals surface area (Å²) in [7, 11) is 0. The molecule has 0 aliphatic carbocycles. The molecule has 4 atom stereocenters. The average Bonchev–Trinajstić information content (AvgIpc) is 2.68. The van der Waals surface area contributed by atoms with E-state index in [-0.39, 0.29) is 0 Å². The predicted octanol–water partition coefficient (Wildman–Crippen LogP) is -0.593. The predicted molar refractivity (Wildman–Crippen MR) is 64.0 cm³/mol. The molecule has 1 aromatic heterocycles. The number of aliphatic hydroxyl groups is 2. The normalized spacial score (nSPS) is 32.3. The first kappa shape index (κ1) is 15.5. The molecule has 0 radical (unpaired) electrons. The number of aromatic nitrogens is 2. The van der Waals surface area contributed by atoms with Gasteiger partial charge < -0.3 is 20.7 Å². The molecule has 2 heterocycles. The molecule has 7 nitrogen and oxygen atoms in total. The minimum absolute atomic E-state index is 0.375. The van der Waals surface area contributed by atoms with Gasteiger partial charge in [0.2, 0.25) is 0 Å². The quantitative estimate of drug-likeness (QED) is 0.688. The maximum absolute atomic E-state index is 14.1. The van der Waals surface area contributed by atoms with Gasteiger partial charge in [-0.3, -0.25) is 4.57 Å². The Balaban J connectivity index is 2.50. The van der Waals surface area contributed by atoms with Gasteiger partial charge in [-0.25, -0.2) is 18.0 Å². The zero-order chi connectivity index (χ0) is 15.9. The van der Waals surface area contributed by atoms with Crippen molar-refractivity contribution in [1.29, 1.82) is 0 Å². The van der Waals surface area contributed by atoms with Gasteiger partial charge in [0.1, 0.15) is 11.9 Å². The lowest BCUT2D eigenvalue weighted by Crippen LogP contribution is -2.45. The monoisotopic (exact) mass is 307 g/mol. The smallest absolute Gasteiger partial charge is 0.351 e. The molecule has 116 valence electrons. The van der Waals surface area contributed by atoms with Crippen molar-refractivity contribution in [3.8, 4) is 0 Å². The lowest BCUT2D eigenvalue weighted by molar-refractivity contribution is -0.115. The van der Waals surface area contributed by atoms with E-state index in [4.69, 9.17) is 15.6 Å². The molecule has 4 N–H and O–H groups in total. The Morgan fingerprint density at radius 1 is 1.67 bits per heavy atom. The van der Waals surface area contributed by atoms with Gasteiger partial charge in [-0.05, 0) is 0 Å². The number of aliphatic hydroxyl groups excluding tert-OH is 2. The standard InChI is InChI=1S/C11H12F3N3O4/c1-4(12)11(3-18)7(19)6(14)9(21-11)17-2-5(13)8(15)16-10(17)20/h2,6-7,9,18-19H,1,3H2,(H2,15,16,20)/t6-,7-,9+,11-/m0/s1. The van der Waals surface area contributed by atoms with Crippen molar-refractivity contribution in [1.82, 2.24) is 9.55 Å². The van der Waals surface area contributed by atoms with Crippen molar-refractivity contribution in [3.05, 3.63) is 34.9 Å². The lowest BCUT2D eigenvalue weighted by Gasteiger charge is -2.27. The van der Waals surface area contributed by atoms with E-state index in [1.165, 1.54) is 0 Å². The van der Waals surface area contributed by atoms with Crippen molar-refractivity contribution in [2.45, 2.75) is 24.1 Å². The van der Waals surface area contributed by atoms with E-state index >= 15 is 0 Å². The largest absolute Gasteiger partial charge is 0.393 e. The van der Waals surface area contributed by atoms with Crippen LogP contribution in [0.1, 0.15) is 6.23 Å². The molecule has 0 amide bonds. The lowest BCUT2D eigenvalue weighted by atomic mass is 9.96. The molecular formula is C11H12F3N3O4. The number of nitrogens with two attached hydrogens (primary N) is 1. The summed E-state index contributed by atoms with van der Waals surface area (Å²) in [6.07, 6.45) is -5.84. The molecule has 0 aromatic carbocycles. The van der Waals surface area contributed by atoms with Crippen LogP contribution in [0.3, 0.4) is 0 Å². The number of hydrogen-bond donors (Lipinski definition) is 3. The van der Waals surface area contributed by atoms with Gasteiger partial charge in [-0.15, -0.1) is 0 Å². The average molecular weight is 307 g/mol. The van der Waals surface area contributed by atoms with Crippen LogP contribution >= 0.6 is 0 Å². The van der Waals surface area contributed by atoms with Gasteiger partial charge in [-0.1, -0.05) is 6.58 Å². The van der Waals surface area contributed by atoms with Crippen LogP contribution in [-0.2, 0) is 4.74 Å². The maximum Gasteiger partial charge on any atom is 0.351 e. The summed E-state index contributed by atoms with van der Waals surface area (Å²) in [5, 5.41) is 18.9. The number of hydrogen-bond acceptors (Lipinski definition) is 6. The van der Waals surface area contributed by atoms with Crippen LogP contribution in [0.2, 0.25) is 0 Å². The summed E-state index contributed by atoms with van der Waals surface area (Å²) in [5.41, 5.74) is 1.48. The summed E-state index contributed by atoms with van der Waals surface area (Å²) < 4.78 is 46.1. The molecule has 0 bridgehead atoms. The highest BCUT2D eigenvalue weighted by Crippen LogP contribution is 2.42. The van der Waals surface area contributed by atoms with E-state index in [0.29, 0.717) is 10.8 Å². The third-order valence-corrected chi connectivity index (χ3v) is 3.29. The van der Waals surface area contributed by atoms with E-state index in [1.54, 1.807) is 0 Å². The topological polar surface area (TPSA) is 111 Å². The third-order valence-electron chi connectivity index (χ3n) is 3.29. The number of alkyl halides is 1. The number of ether oxygens (including phenoxy) is 1. The SMILES string of the molecule is C=C(F)[C@]1(CO)O[C@@H](n2cc(F)c(N)nc2=O)[C@@H](F)[C@@H]1O. The van der Waals surface area contributed by atoms with Crippen molar-refractivity contribution < 1.29 is 28.1 Å². The number of halogens is 3. The Labute approximate surface area is 116 Å². The van der Waals surface area contributed by atoms with Crippen molar-refractivity contribution in [2.75, 3.05) is 12.3 Å². The maximum atomic E-state index is 14.1. The first-order valence-electron chi connectivity index (χ1n) is 5.74. The van der Waals surface area contributed by atoms with Crippen LogP contribution in [0.4, 0.5) is 19.0 Å².